The van der Waals surface area contributed by atoms with Gasteiger partial charge < -0.3 is 4.90 Å². The van der Waals surface area contributed by atoms with Crippen molar-refractivity contribution in [3.05, 3.63) is 24.0 Å². The van der Waals surface area contributed by atoms with E-state index in [9.17, 15) is 21.9 Å². The lowest BCUT2D eigenvalue weighted by molar-refractivity contribution is -0.117. The van der Waals surface area contributed by atoms with Gasteiger partial charge in [0, 0.05) is 24.7 Å². The number of rotatable bonds is 3. The van der Waals surface area contributed by atoms with Crippen LogP contribution in [-0.4, -0.2) is 37.4 Å². The Bertz CT molecular complexity index is 602. The summed E-state index contributed by atoms with van der Waals surface area (Å²) in [5.74, 6) is -0.544. The van der Waals surface area contributed by atoms with E-state index in [4.69, 9.17) is 0 Å². The number of carbonyl (C=O) groups excluding carboxylic acids is 2. The second-order valence-corrected chi connectivity index (χ2v) is 5.48. The van der Waals surface area contributed by atoms with Gasteiger partial charge in [-0.1, -0.05) is 0 Å². The van der Waals surface area contributed by atoms with Crippen molar-refractivity contribution in [2.45, 2.75) is 11.7 Å². The molecular weight excluding hydrogens is 263 g/mol. The Morgan fingerprint density at radius 1 is 1.50 bits per heavy atom. The van der Waals surface area contributed by atoms with Gasteiger partial charge in [-0.2, -0.15) is 8.42 Å². The van der Waals surface area contributed by atoms with Crippen molar-refractivity contribution in [3.63, 3.8) is 0 Å². The zero-order valence-corrected chi connectivity index (χ0v) is 9.93. The first kappa shape index (κ1) is 12.6. The molecular formula is C10H9FN2O4S. The standard InChI is InChI=1S/C10H9FN2O4S/c11-18(16,17)8-3-10(15)13(5-8)9-4-12-2-1-7(9)6-14/h1-2,4,6,8H,3,5H2. The number of pyridine rings is 1. The molecule has 2 rings (SSSR count). The van der Waals surface area contributed by atoms with Crippen molar-refractivity contribution >= 4 is 28.1 Å². The van der Waals surface area contributed by atoms with Crippen molar-refractivity contribution < 1.29 is 21.9 Å². The number of hydrogen-bond acceptors (Lipinski definition) is 5. The van der Waals surface area contributed by atoms with Gasteiger partial charge in [-0.3, -0.25) is 14.6 Å². The number of amides is 1. The van der Waals surface area contributed by atoms with E-state index in [1.807, 2.05) is 0 Å². The molecule has 6 nitrogen and oxygen atoms in total. The summed E-state index contributed by atoms with van der Waals surface area (Å²) in [4.78, 5) is 27.3. The minimum absolute atomic E-state index is 0.198. The molecule has 1 aliphatic heterocycles. The van der Waals surface area contributed by atoms with E-state index >= 15 is 0 Å². The van der Waals surface area contributed by atoms with Crippen LogP contribution in [0.25, 0.3) is 0 Å². The maximum Gasteiger partial charge on any atom is 0.307 e. The fourth-order valence-corrected chi connectivity index (χ4v) is 2.49. The van der Waals surface area contributed by atoms with Crippen molar-refractivity contribution in [2.75, 3.05) is 11.4 Å². The van der Waals surface area contributed by atoms with Gasteiger partial charge in [-0.05, 0) is 6.07 Å². The van der Waals surface area contributed by atoms with Gasteiger partial charge in [0.05, 0.1) is 11.9 Å². The molecule has 0 bridgehead atoms. The van der Waals surface area contributed by atoms with Crippen molar-refractivity contribution in [1.29, 1.82) is 0 Å². The molecule has 1 aromatic heterocycles. The SMILES string of the molecule is O=Cc1ccncc1N1CC(S(=O)(=O)F)CC1=O. The van der Waals surface area contributed by atoms with Crippen LogP contribution in [0.5, 0.6) is 0 Å². The fourth-order valence-electron chi connectivity index (χ4n) is 1.82. The van der Waals surface area contributed by atoms with Gasteiger partial charge in [0.15, 0.2) is 6.29 Å². The van der Waals surface area contributed by atoms with E-state index in [1.165, 1.54) is 18.5 Å². The second-order valence-electron chi connectivity index (χ2n) is 3.86. The number of hydrogen-bond donors (Lipinski definition) is 0. The molecule has 18 heavy (non-hydrogen) atoms. The van der Waals surface area contributed by atoms with Crippen LogP contribution >= 0.6 is 0 Å². The predicted octanol–water partition coefficient (Wildman–Crippen LogP) is 0.299. The highest BCUT2D eigenvalue weighted by Gasteiger charge is 2.39. The molecule has 0 spiro atoms. The van der Waals surface area contributed by atoms with Crippen LogP contribution in [0, 0.1) is 0 Å². The Balaban J connectivity index is 2.36. The minimum atomic E-state index is -4.77. The van der Waals surface area contributed by atoms with E-state index in [-0.39, 0.29) is 17.8 Å². The van der Waals surface area contributed by atoms with Gasteiger partial charge in [-0.25, -0.2) is 0 Å². The number of nitrogens with zero attached hydrogens (tertiary/aromatic N) is 2. The van der Waals surface area contributed by atoms with Crippen molar-refractivity contribution in [1.82, 2.24) is 4.98 Å². The van der Waals surface area contributed by atoms with E-state index in [2.05, 4.69) is 4.98 Å². The van der Waals surface area contributed by atoms with Crippen LogP contribution in [-0.2, 0) is 15.0 Å². The molecule has 0 N–H and O–H groups in total. The second kappa shape index (κ2) is 4.45. The van der Waals surface area contributed by atoms with Gasteiger partial charge in [-0.15, -0.1) is 3.89 Å². The van der Waals surface area contributed by atoms with Crippen LogP contribution in [0.15, 0.2) is 18.5 Å². The van der Waals surface area contributed by atoms with Gasteiger partial charge >= 0.3 is 10.2 Å². The number of aromatic nitrogens is 1. The van der Waals surface area contributed by atoms with E-state index < -0.39 is 27.8 Å². The highest BCUT2D eigenvalue weighted by atomic mass is 32.3. The molecule has 0 aromatic carbocycles. The predicted molar refractivity (Wildman–Crippen MR) is 60.4 cm³/mol. The molecule has 0 aliphatic carbocycles. The van der Waals surface area contributed by atoms with Crippen molar-refractivity contribution in [2.24, 2.45) is 0 Å². The average Bonchev–Trinajstić information content (AvgIpc) is 2.71. The highest BCUT2D eigenvalue weighted by molar-refractivity contribution is 7.87. The number of anilines is 1. The largest absolute Gasteiger partial charge is 0.309 e. The smallest absolute Gasteiger partial charge is 0.307 e. The molecule has 1 aliphatic rings. The summed E-state index contributed by atoms with van der Waals surface area (Å²) in [7, 11) is -4.77. The van der Waals surface area contributed by atoms with Crippen LogP contribution in [0.3, 0.4) is 0 Å². The first-order chi connectivity index (χ1) is 8.43. The lowest BCUT2D eigenvalue weighted by Gasteiger charge is -2.17. The van der Waals surface area contributed by atoms with Gasteiger partial charge in [0.25, 0.3) is 0 Å². The zero-order valence-electron chi connectivity index (χ0n) is 9.11. The minimum Gasteiger partial charge on any atom is -0.309 e. The summed E-state index contributed by atoms with van der Waals surface area (Å²) in [6.07, 6.45) is 2.75. The Labute approximate surface area is 103 Å². The maximum absolute atomic E-state index is 12.8. The molecule has 2 heterocycles. The molecule has 0 saturated carbocycles. The lowest BCUT2D eigenvalue weighted by Crippen LogP contribution is -2.27. The summed E-state index contributed by atoms with van der Waals surface area (Å²) in [5, 5.41) is -1.38. The molecule has 1 unspecified atom stereocenters. The van der Waals surface area contributed by atoms with Crippen LogP contribution in [0.4, 0.5) is 9.57 Å². The van der Waals surface area contributed by atoms with Crippen LogP contribution in [0.1, 0.15) is 16.8 Å². The first-order valence-corrected chi connectivity index (χ1v) is 6.51. The summed E-state index contributed by atoms with van der Waals surface area (Å²) < 4.78 is 34.4. The Kier molecular flexibility index (Phi) is 3.12. The van der Waals surface area contributed by atoms with Gasteiger partial charge in [0.2, 0.25) is 5.91 Å². The molecule has 1 fully saturated rings. The van der Waals surface area contributed by atoms with Gasteiger partial charge in [0.1, 0.15) is 5.25 Å². The molecule has 0 radical (unpaired) electrons. The van der Waals surface area contributed by atoms with Crippen LogP contribution < -0.4 is 4.90 Å². The Morgan fingerprint density at radius 2 is 2.22 bits per heavy atom. The fraction of sp³-hybridized carbons (Fsp3) is 0.300. The molecule has 8 heteroatoms. The summed E-state index contributed by atoms with van der Waals surface area (Å²) >= 11 is 0. The maximum atomic E-state index is 12.8. The highest BCUT2D eigenvalue weighted by Crippen LogP contribution is 2.27. The molecule has 1 aromatic rings. The Morgan fingerprint density at radius 3 is 2.78 bits per heavy atom. The van der Waals surface area contributed by atoms with E-state index in [0.717, 1.165) is 4.90 Å². The summed E-state index contributed by atoms with van der Waals surface area (Å²) in [6.45, 7) is -0.301. The Hall–Kier alpha value is -1.83. The third-order valence-corrected chi connectivity index (χ3v) is 3.85. The molecule has 1 amide bonds. The number of halogens is 1. The first-order valence-electron chi connectivity index (χ1n) is 5.06. The third-order valence-electron chi connectivity index (χ3n) is 2.74. The topological polar surface area (TPSA) is 84.4 Å². The van der Waals surface area contributed by atoms with Crippen molar-refractivity contribution in [3.8, 4) is 0 Å². The zero-order chi connectivity index (χ0) is 13.3. The lowest BCUT2D eigenvalue weighted by atomic mass is 10.2. The quantitative estimate of drug-likeness (QED) is 0.583. The monoisotopic (exact) mass is 272 g/mol. The number of carbonyl (C=O) groups is 2. The third kappa shape index (κ3) is 2.23. The van der Waals surface area contributed by atoms with E-state index in [1.54, 1.807) is 0 Å². The molecule has 1 saturated heterocycles. The van der Waals surface area contributed by atoms with Crippen LogP contribution in [0.2, 0.25) is 0 Å². The normalized spacial score (nSPS) is 20.2. The molecule has 96 valence electrons. The molecule has 1 atom stereocenters. The van der Waals surface area contributed by atoms with E-state index in [0.29, 0.717) is 6.29 Å². The average molecular weight is 272 g/mol. The summed E-state index contributed by atoms with van der Waals surface area (Å²) in [6, 6.07) is 1.40. The number of aldehydes is 1. The summed E-state index contributed by atoms with van der Waals surface area (Å²) in [5.41, 5.74) is 0.402.